The summed E-state index contributed by atoms with van der Waals surface area (Å²) in [5, 5.41) is 0. The van der Waals surface area contributed by atoms with Crippen LogP contribution in [0.1, 0.15) is 5.56 Å². The Bertz CT molecular complexity index is 358. The lowest BCUT2D eigenvalue weighted by Crippen LogP contribution is -1.88. The van der Waals surface area contributed by atoms with Crippen LogP contribution in [0.4, 0.5) is 13.2 Å². The third kappa shape index (κ3) is 1.96. The SMILES string of the molecule is O=[C]C(F)=C(F)c1ccccc1F. The van der Waals surface area contributed by atoms with Crippen LogP contribution in [0.3, 0.4) is 0 Å². The molecule has 1 radical (unpaired) electrons. The van der Waals surface area contributed by atoms with Gasteiger partial charge in [0, 0.05) is 5.56 Å². The summed E-state index contributed by atoms with van der Waals surface area (Å²) in [4.78, 5) is 9.71. The molecule has 0 aliphatic rings. The van der Waals surface area contributed by atoms with Crippen LogP contribution in [0.25, 0.3) is 5.83 Å². The summed E-state index contributed by atoms with van der Waals surface area (Å²) < 4.78 is 37.9. The topological polar surface area (TPSA) is 17.1 Å². The van der Waals surface area contributed by atoms with Crippen LogP contribution in [0, 0.1) is 5.82 Å². The van der Waals surface area contributed by atoms with E-state index in [0.29, 0.717) is 6.29 Å². The molecule has 0 N–H and O–H groups in total. The summed E-state index contributed by atoms with van der Waals surface area (Å²) in [7, 11) is 0. The van der Waals surface area contributed by atoms with E-state index < -0.39 is 23.0 Å². The molecule has 1 rings (SSSR count). The van der Waals surface area contributed by atoms with Gasteiger partial charge in [-0.1, -0.05) is 12.1 Å². The Kier molecular flexibility index (Phi) is 2.84. The quantitative estimate of drug-likeness (QED) is 0.647. The molecule has 1 aromatic rings. The van der Waals surface area contributed by atoms with Gasteiger partial charge < -0.3 is 0 Å². The van der Waals surface area contributed by atoms with Crippen molar-refractivity contribution in [1.29, 1.82) is 0 Å². The molecule has 0 saturated heterocycles. The number of rotatable bonds is 2. The minimum Gasteiger partial charge on any atom is -0.282 e. The Labute approximate surface area is 72.5 Å². The predicted octanol–water partition coefficient (Wildman–Crippen LogP) is 2.54. The van der Waals surface area contributed by atoms with Crippen LogP contribution in [-0.4, -0.2) is 6.29 Å². The third-order valence-corrected chi connectivity index (χ3v) is 1.39. The molecule has 0 heterocycles. The summed E-state index contributed by atoms with van der Waals surface area (Å²) in [6.45, 7) is 0. The normalized spacial score (nSPS) is 12.2. The molecular formula is C9H4F3O. The van der Waals surface area contributed by atoms with Crippen LogP contribution in [0.5, 0.6) is 0 Å². The second-order valence-electron chi connectivity index (χ2n) is 2.21. The Hall–Kier alpha value is -1.58. The Morgan fingerprint density at radius 2 is 1.85 bits per heavy atom. The van der Waals surface area contributed by atoms with Crippen LogP contribution in [-0.2, 0) is 4.79 Å². The molecule has 4 heteroatoms. The van der Waals surface area contributed by atoms with Gasteiger partial charge >= 0.3 is 0 Å². The van der Waals surface area contributed by atoms with Crippen LogP contribution in [0.2, 0.25) is 0 Å². The highest BCUT2D eigenvalue weighted by molar-refractivity contribution is 5.83. The van der Waals surface area contributed by atoms with Crippen molar-refractivity contribution in [2.24, 2.45) is 0 Å². The minimum atomic E-state index is -1.73. The molecule has 0 atom stereocenters. The summed E-state index contributed by atoms with van der Waals surface area (Å²) in [5.41, 5.74) is -0.580. The molecule has 0 bridgehead atoms. The van der Waals surface area contributed by atoms with Crippen LogP contribution in [0.15, 0.2) is 30.1 Å². The number of carbonyl (C=O) groups excluding carboxylic acids is 1. The second-order valence-corrected chi connectivity index (χ2v) is 2.21. The molecule has 0 saturated carbocycles. The summed E-state index contributed by atoms with van der Waals surface area (Å²) >= 11 is 0. The second kappa shape index (κ2) is 3.89. The van der Waals surface area contributed by atoms with E-state index in [4.69, 9.17) is 0 Å². The van der Waals surface area contributed by atoms with Crippen molar-refractivity contribution >= 4 is 12.1 Å². The number of benzene rings is 1. The zero-order chi connectivity index (χ0) is 9.84. The van der Waals surface area contributed by atoms with Crippen molar-refractivity contribution in [2.75, 3.05) is 0 Å². The summed E-state index contributed by atoms with van der Waals surface area (Å²) in [5.74, 6) is -4.19. The highest BCUT2D eigenvalue weighted by Gasteiger charge is 2.12. The predicted molar refractivity (Wildman–Crippen MR) is 41.2 cm³/mol. The van der Waals surface area contributed by atoms with Gasteiger partial charge in [0.05, 0.1) is 0 Å². The van der Waals surface area contributed by atoms with Crippen molar-refractivity contribution in [3.8, 4) is 0 Å². The van der Waals surface area contributed by atoms with E-state index in [2.05, 4.69) is 0 Å². The van der Waals surface area contributed by atoms with E-state index in [1.165, 1.54) is 12.1 Å². The average molecular weight is 185 g/mol. The lowest BCUT2D eigenvalue weighted by atomic mass is 10.2. The fraction of sp³-hybridized carbons (Fsp3) is 0. The van der Waals surface area contributed by atoms with Gasteiger partial charge in [0.1, 0.15) is 5.82 Å². The van der Waals surface area contributed by atoms with E-state index >= 15 is 0 Å². The van der Waals surface area contributed by atoms with Crippen molar-refractivity contribution in [3.63, 3.8) is 0 Å². The van der Waals surface area contributed by atoms with Gasteiger partial charge in [-0.2, -0.15) is 4.39 Å². The molecule has 0 spiro atoms. The first kappa shape index (κ1) is 9.51. The molecule has 0 fully saturated rings. The molecule has 0 aromatic heterocycles. The summed E-state index contributed by atoms with van der Waals surface area (Å²) in [6.07, 6.45) is 0.712. The number of hydrogen-bond acceptors (Lipinski definition) is 1. The van der Waals surface area contributed by atoms with Crippen molar-refractivity contribution in [2.45, 2.75) is 0 Å². The van der Waals surface area contributed by atoms with Crippen LogP contribution < -0.4 is 0 Å². The lowest BCUT2D eigenvalue weighted by Gasteiger charge is -1.97. The zero-order valence-electron chi connectivity index (χ0n) is 6.35. The molecule has 1 aromatic carbocycles. The number of hydrogen-bond donors (Lipinski definition) is 0. The average Bonchev–Trinajstić information content (AvgIpc) is 2.16. The Morgan fingerprint density at radius 3 is 2.38 bits per heavy atom. The standard InChI is InChI=1S/C9H4F3O/c10-7-4-2-1-3-6(7)9(12)8(11)5-13/h1-4H. The van der Waals surface area contributed by atoms with Crippen molar-refractivity contribution in [3.05, 3.63) is 41.5 Å². The fourth-order valence-electron chi connectivity index (χ4n) is 0.802. The van der Waals surface area contributed by atoms with Gasteiger partial charge in [0.2, 0.25) is 5.83 Å². The van der Waals surface area contributed by atoms with Gasteiger partial charge in [0.25, 0.3) is 6.29 Å². The largest absolute Gasteiger partial charge is 0.282 e. The first-order valence-corrected chi connectivity index (χ1v) is 3.35. The number of allylic oxidation sites excluding steroid dienone is 1. The highest BCUT2D eigenvalue weighted by atomic mass is 19.2. The molecule has 1 nitrogen and oxygen atoms in total. The highest BCUT2D eigenvalue weighted by Crippen LogP contribution is 2.22. The Balaban J connectivity index is 3.23. The maximum absolute atomic E-state index is 12.8. The van der Waals surface area contributed by atoms with Gasteiger partial charge in [-0.3, -0.25) is 4.79 Å². The third-order valence-electron chi connectivity index (χ3n) is 1.39. The van der Waals surface area contributed by atoms with E-state index in [1.54, 1.807) is 0 Å². The molecule has 13 heavy (non-hydrogen) atoms. The van der Waals surface area contributed by atoms with Gasteiger partial charge in [-0.05, 0) is 12.1 Å². The van der Waals surface area contributed by atoms with Gasteiger partial charge in [0.15, 0.2) is 5.83 Å². The van der Waals surface area contributed by atoms with E-state index in [0.717, 1.165) is 12.1 Å². The van der Waals surface area contributed by atoms with E-state index in [-0.39, 0.29) is 0 Å². The molecule has 0 aliphatic carbocycles. The van der Waals surface area contributed by atoms with Crippen molar-refractivity contribution < 1.29 is 18.0 Å². The number of halogens is 3. The first-order chi connectivity index (χ1) is 6.16. The van der Waals surface area contributed by atoms with Crippen LogP contribution >= 0.6 is 0 Å². The minimum absolute atomic E-state index is 0.580. The summed E-state index contributed by atoms with van der Waals surface area (Å²) in [6, 6.07) is 4.65. The van der Waals surface area contributed by atoms with E-state index in [9.17, 15) is 18.0 Å². The molecule has 0 unspecified atom stereocenters. The molecule has 0 aliphatic heterocycles. The first-order valence-electron chi connectivity index (χ1n) is 3.35. The van der Waals surface area contributed by atoms with Gasteiger partial charge in [-0.25, -0.2) is 8.78 Å². The maximum atomic E-state index is 12.8. The maximum Gasteiger partial charge on any atom is 0.267 e. The smallest absolute Gasteiger partial charge is 0.267 e. The Morgan fingerprint density at radius 1 is 1.23 bits per heavy atom. The fourth-order valence-corrected chi connectivity index (χ4v) is 0.802. The zero-order valence-corrected chi connectivity index (χ0v) is 6.35. The lowest BCUT2D eigenvalue weighted by molar-refractivity contribution is 0.537. The van der Waals surface area contributed by atoms with Crippen molar-refractivity contribution in [1.82, 2.24) is 0 Å². The molecular weight excluding hydrogens is 181 g/mol. The molecule has 67 valence electrons. The monoisotopic (exact) mass is 185 g/mol. The van der Waals surface area contributed by atoms with E-state index in [1.807, 2.05) is 0 Å². The molecule has 0 amide bonds. The van der Waals surface area contributed by atoms with Gasteiger partial charge in [-0.15, -0.1) is 0 Å².